The number of rotatable bonds is 3. The Hall–Kier alpha value is -0.810. The molecule has 0 radical (unpaired) electrons. The molecule has 0 rings (SSSR count). The maximum absolute atomic E-state index is 5.59. The molecule has 0 aliphatic rings. The smallest absolute Gasteiger partial charge is 0.310 e. The third-order valence-corrected chi connectivity index (χ3v) is 1.31. The lowest BCUT2D eigenvalue weighted by Crippen LogP contribution is -2.14. The minimum absolute atomic E-state index is 0.0832. The highest BCUT2D eigenvalue weighted by atomic mass is 16.5. The van der Waals surface area contributed by atoms with Crippen molar-refractivity contribution in [1.29, 1.82) is 0 Å². The third-order valence-electron chi connectivity index (χ3n) is 1.31. The van der Waals surface area contributed by atoms with Gasteiger partial charge in [-0.2, -0.15) is 0 Å². The molecule has 2 heteroatoms. The van der Waals surface area contributed by atoms with Gasteiger partial charge in [0.2, 0.25) is 6.10 Å². The Bertz CT molecular complexity index is 237. The van der Waals surface area contributed by atoms with Crippen LogP contribution in [-0.2, 0) is 4.74 Å². The topological polar surface area (TPSA) is 13.6 Å². The normalized spacial score (nSPS) is 14.2. The lowest BCUT2D eigenvalue weighted by atomic mass is 10.1. The van der Waals surface area contributed by atoms with E-state index in [9.17, 15) is 0 Å². The molecule has 0 aromatic rings. The number of allylic oxidation sites excluding steroid dienone is 1. The van der Waals surface area contributed by atoms with Crippen LogP contribution in [0.25, 0.3) is 4.85 Å². The fraction of sp³-hybridized carbons (Fsp3) is 0.750. The van der Waals surface area contributed by atoms with Crippen LogP contribution >= 0.6 is 0 Å². The SMILES string of the molecule is C/C=C/C(C#[N+]C(C)(C)C)OC(C)C. The maximum atomic E-state index is 5.59. The highest BCUT2D eigenvalue weighted by molar-refractivity contribution is 5.10. The van der Waals surface area contributed by atoms with Gasteiger partial charge in [-0.25, -0.2) is 0 Å². The second-order valence-electron chi connectivity index (χ2n) is 4.54. The predicted molar refractivity (Wildman–Crippen MR) is 61.8 cm³/mol. The number of ether oxygens (including phenoxy) is 1. The van der Waals surface area contributed by atoms with E-state index in [1.807, 2.05) is 53.7 Å². The van der Waals surface area contributed by atoms with Crippen molar-refractivity contribution >= 4 is 0 Å². The predicted octanol–water partition coefficient (Wildman–Crippen LogP) is 3.49. The van der Waals surface area contributed by atoms with E-state index in [2.05, 4.69) is 10.9 Å². The Kier molecular flexibility index (Phi) is 5.49. The first-order valence-electron chi connectivity index (χ1n) is 5.11. The molecule has 0 fully saturated rings. The molecule has 14 heavy (non-hydrogen) atoms. The molecule has 2 nitrogen and oxygen atoms in total. The largest absolute Gasteiger partial charge is 0.352 e. The fourth-order valence-corrected chi connectivity index (χ4v) is 0.844. The van der Waals surface area contributed by atoms with Crippen molar-refractivity contribution in [3.63, 3.8) is 0 Å². The van der Waals surface area contributed by atoms with Gasteiger partial charge in [-0.3, -0.25) is 0 Å². The Morgan fingerprint density at radius 2 is 1.86 bits per heavy atom. The molecule has 0 amide bonds. The molecule has 0 saturated carbocycles. The molecule has 80 valence electrons. The van der Waals surface area contributed by atoms with E-state index in [4.69, 9.17) is 4.74 Å². The van der Waals surface area contributed by atoms with Crippen molar-refractivity contribution in [3.8, 4) is 6.07 Å². The van der Waals surface area contributed by atoms with Crippen molar-refractivity contribution in [2.24, 2.45) is 0 Å². The van der Waals surface area contributed by atoms with E-state index in [1.165, 1.54) is 0 Å². The zero-order valence-electron chi connectivity index (χ0n) is 10.2. The van der Waals surface area contributed by atoms with Crippen molar-refractivity contribution in [2.75, 3.05) is 0 Å². The van der Waals surface area contributed by atoms with E-state index in [-0.39, 0.29) is 17.7 Å². The van der Waals surface area contributed by atoms with Crippen LogP contribution in [0.1, 0.15) is 41.5 Å². The molecule has 1 unspecified atom stereocenters. The summed E-state index contributed by atoms with van der Waals surface area (Å²) in [5, 5.41) is 0. The number of nitrogens with zero attached hydrogens (tertiary/aromatic N) is 1. The Morgan fingerprint density at radius 1 is 1.29 bits per heavy atom. The molecule has 0 heterocycles. The minimum Gasteiger partial charge on any atom is -0.352 e. The second-order valence-corrected chi connectivity index (χ2v) is 4.54. The van der Waals surface area contributed by atoms with Crippen molar-refractivity contribution in [3.05, 3.63) is 17.0 Å². The van der Waals surface area contributed by atoms with Crippen LogP contribution in [0.4, 0.5) is 0 Å². The van der Waals surface area contributed by atoms with Gasteiger partial charge in [0, 0.05) is 20.8 Å². The Morgan fingerprint density at radius 3 is 2.21 bits per heavy atom. The van der Waals surface area contributed by atoms with Gasteiger partial charge in [0.25, 0.3) is 5.54 Å². The van der Waals surface area contributed by atoms with E-state index < -0.39 is 0 Å². The molecule has 1 atom stereocenters. The van der Waals surface area contributed by atoms with Crippen LogP contribution in [0.15, 0.2) is 12.2 Å². The standard InChI is InChI=1S/C12H22NO/c1-7-8-11(14-10(2)3)9-13-12(4,5)6/h7-8,10-11H,1-6H3/q+1/b8-7+. The van der Waals surface area contributed by atoms with Gasteiger partial charge in [-0.05, 0) is 26.8 Å². The van der Waals surface area contributed by atoms with Crippen molar-refractivity contribution in [2.45, 2.75) is 59.3 Å². The minimum atomic E-state index is -0.126. The lowest BCUT2D eigenvalue weighted by molar-refractivity contribution is 0.0659. The molecule has 0 N–H and O–H groups in total. The third kappa shape index (κ3) is 7.82. The average molecular weight is 196 g/mol. The molecule has 0 saturated heterocycles. The summed E-state index contributed by atoms with van der Waals surface area (Å²) in [6.45, 7) is 12.1. The average Bonchev–Trinajstić information content (AvgIpc) is 1.98. The first-order chi connectivity index (χ1) is 6.35. The molecule has 0 bridgehead atoms. The van der Waals surface area contributed by atoms with Gasteiger partial charge >= 0.3 is 6.07 Å². The molecule has 0 spiro atoms. The van der Waals surface area contributed by atoms with E-state index in [0.29, 0.717) is 0 Å². The van der Waals surface area contributed by atoms with Gasteiger partial charge in [0.05, 0.1) is 6.10 Å². The van der Waals surface area contributed by atoms with Crippen LogP contribution in [-0.4, -0.2) is 17.7 Å². The summed E-state index contributed by atoms with van der Waals surface area (Å²) in [5.41, 5.74) is -0.0832. The molecule has 0 aliphatic carbocycles. The molecular formula is C12H22NO+. The van der Waals surface area contributed by atoms with Gasteiger partial charge in [-0.1, -0.05) is 10.9 Å². The number of hydrogen-bond donors (Lipinski definition) is 0. The summed E-state index contributed by atoms with van der Waals surface area (Å²) in [6, 6.07) is 3.01. The van der Waals surface area contributed by atoms with Gasteiger partial charge in [0.1, 0.15) is 0 Å². The van der Waals surface area contributed by atoms with Crippen LogP contribution in [0.3, 0.4) is 0 Å². The maximum Gasteiger partial charge on any atom is 0.310 e. The van der Waals surface area contributed by atoms with Crippen molar-refractivity contribution in [1.82, 2.24) is 0 Å². The van der Waals surface area contributed by atoms with Crippen LogP contribution < -0.4 is 0 Å². The monoisotopic (exact) mass is 196 g/mol. The lowest BCUT2D eigenvalue weighted by Gasteiger charge is -2.07. The van der Waals surface area contributed by atoms with Gasteiger partial charge < -0.3 is 4.74 Å². The molecular weight excluding hydrogens is 174 g/mol. The summed E-state index contributed by atoms with van der Waals surface area (Å²) in [6.07, 6.45) is 3.98. The van der Waals surface area contributed by atoms with Gasteiger partial charge in [-0.15, -0.1) is 0 Å². The van der Waals surface area contributed by atoms with Crippen LogP contribution in [0, 0.1) is 6.07 Å². The molecule has 0 aromatic carbocycles. The first-order valence-corrected chi connectivity index (χ1v) is 5.11. The summed E-state index contributed by atoms with van der Waals surface area (Å²) in [5.74, 6) is 0. The van der Waals surface area contributed by atoms with Crippen molar-refractivity contribution < 1.29 is 4.74 Å². The van der Waals surface area contributed by atoms with E-state index in [1.54, 1.807) is 0 Å². The highest BCUT2D eigenvalue weighted by Gasteiger charge is 2.20. The first kappa shape index (κ1) is 13.2. The summed E-state index contributed by atoms with van der Waals surface area (Å²) < 4.78 is 5.59. The summed E-state index contributed by atoms with van der Waals surface area (Å²) >= 11 is 0. The highest BCUT2D eigenvalue weighted by Crippen LogP contribution is 2.07. The Balaban J connectivity index is 4.42. The fourth-order valence-electron chi connectivity index (χ4n) is 0.844. The van der Waals surface area contributed by atoms with Gasteiger partial charge in [0.15, 0.2) is 0 Å². The molecule has 0 aliphatic heterocycles. The summed E-state index contributed by atoms with van der Waals surface area (Å²) in [7, 11) is 0. The zero-order valence-corrected chi connectivity index (χ0v) is 10.2. The summed E-state index contributed by atoms with van der Waals surface area (Å²) in [4.78, 5) is 4.30. The zero-order chi connectivity index (χ0) is 11.2. The number of hydrogen-bond acceptors (Lipinski definition) is 1. The quantitative estimate of drug-likeness (QED) is 0.630. The van der Waals surface area contributed by atoms with E-state index in [0.717, 1.165) is 0 Å². The van der Waals surface area contributed by atoms with E-state index >= 15 is 0 Å². The van der Waals surface area contributed by atoms with Crippen LogP contribution in [0.5, 0.6) is 0 Å². The molecule has 0 aromatic heterocycles. The van der Waals surface area contributed by atoms with Crippen LogP contribution in [0.2, 0.25) is 0 Å². The Labute approximate surface area is 87.8 Å². The second kappa shape index (κ2) is 5.82.